The van der Waals surface area contributed by atoms with Gasteiger partial charge in [0, 0.05) is 20.1 Å². The monoisotopic (exact) mass is 406 g/mol. The van der Waals surface area contributed by atoms with Crippen molar-refractivity contribution in [3.05, 3.63) is 26.6 Å². The van der Waals surface area contributed by atoms with Gasteiger partial charge in [0.25, 0.3) is 0 Å². The van der Waals surface area contributed by atoms with Gasteiger partial charge in [0.1, 0.15) is 5.75 Å². The third-order valence-electron chi connectivity index (χ3n) is 3.10. The molecule has 0 aliphatic rings. The predicted molar refractivity (Wildman–Crippen MR) is 88.0 cm³/mol. The standard InChI is InChI=1S/C14H20Br2N2O2/c1-5-18(3)14(19)9(2)17-8-10-6-11(15)13(20-4)12(16)7-10/h6-7,9,17H,5,8H2,1-4H3. The smallest absolute Gasteiger partial charge is 0.239 e. The Morgan fingerprint density at radius 1 is 1.40 bits per heavy atom. The number of methoxy groups -OCH3 is 1. The van der Waals surface area contributed by atoms with E-state index in [4.69, 9.17) is 4.74 Å². The second-order valence-electron chi connectivity index (χ2n) is 4.55. The summed E-state index contributed by atoms with van der Waals surface area (Å²) in [5.41, 5.74) is 1.07. The lowest BCUT2D eigenvalue weighted by molar-refractivity contribution is -0.131. The Morgan fingerprint density at radius 2 is 1.95 bits per heavy atom. The van der Waals surface area contributed by atoms with Crippen LogP contribution in [0, 0.1) is 0 Å². The highest BCUT2D eigenvalue weighted by atomic mass is 79.9. The van der Waals surface area contributed by atoms with Gasteiger partial charge in [0.05, 0.1) is 22.1 Å². The number of nitrogens with one attached hydrogen (secondary N) is 1. The quantitative estimate of drug-likeness (QED) is 0.787. The number of hydrogen-bond acceptors (Lipinski definition) is 3. The number of rotatable bonds is 6. The molecule has 0 aliphatic heterocycles. The summed E-state index contributed by atoms with van der Waals surface area (Å²) >= 11 is 6.94. The molecule has 112 valence electrons. The highest BCUT2D eigenvalue weighted by molar-refractivity contribution is 9.11. The van der Waals surface area contributed by atoms with Gasteiger partial charge in [-0.1, -0.05) is 0 Å². The van der Waals surface area contributed by atoms with Crippen LogP contribution >= 0.6 is 31.9 Å². The molecule has 1 amide bonds. The third kappa shape index (κ3) is 4.46. The summed E-state index contributed by atoms with van der Waals surface area (Å²) in [5, 5.41) is 3.23. The molecule has 1 aromatic rings. The first-order valence-corrected chi connectivity index (χ1v) is 7.99. The summed E-state index contributed by atoms with van der Waals surface area (Å²) in [6.45, 7) is 5.17. The largest absolute Gasteiger partial charge is 0.494 e. The Balaban J connectivity index is 2.69. The fourth-order valence-electron chi connectivity index (χ4n) is 1.75. The summed E-state index contributed by atoms with van der Waals surface area (Å²) in [6, 6.07) is 3.76. The van der Waals surface area contributed by atoms with E-state index in [-0.39, 0.29) is 11.9 Å². The van der Waals surface area contributed by atoms with E-state index in [0.717, 1.165) is 20.3 Å². The van der Waals surface area contributed by atoms with Crippen LogP contribution in [-0.4, -0.2) is 37.6 Å². The van der Waals surface area contributed by atoms with Gasteiger partial charge in [-0.2, -0.15) is 0 Å². The van der Waals surface area contributed by atoms with Crippen molar-refractivity contribution < 1.29 is 9.53 Å². The number of benzene rings is 1. The minimum absolute atomic E-state index is 0.0964. The van der Waals surface area contributed by atoms with Crippen LogP contribution in [0.2, 0.25) is 0 Å². The molecule has 0 saturated carbocycles. The molecule has 0 radical (unpaired) electrons. The number of amides is 1. The van der Waals surface area contributed by atoms with E-state index >= 15 is 0 Å². The highest BCUT2D eigenvalue weighted by Gasteiger charge is 2.16. The van der Waals surface area contributed by atoms with Crippen molar-refractivity contribution in [1.82, 2.24) is 10.2 Å². The van der Waals surface area contributed by atoms with Crippen molar-refractivity contribution in [2.75, 3.05) is 20.7 Å². The minimum Gasteiger partial charge on any atom is -0.494 e. The van der Waals surface area contributed by atoms with Gasteiger partial charge in [-0.15, -0.1) is 0 Å². The molecule has 0 bridgehead atoms. The van der Waals surface area contributed by atoms with E-state index < -0.39 is 0 Å². The molecule has 1 N–H and O–H groups in total. The first kappa shape index (κ1) is 17.5. The van der Waals surface area contributed by atoms with E-state index in [1.54, 1.807) is 19.1 Å². The summed E-state index contributed by atoms with van der Waals surface area (Å²) in [4.78, 5) is 13.7. The normalized spacial score (nSPS) is 12.1. The molecule has 1 unspecified atom stereocenters. The van der Waals surface area contributed by atoms with Crippen molar-refractivity contribution in [2.45, 2.75) is 26.4 Å². The highest BCUT2D eigenvalue weighted by Crippen LogP contribution is 2.34. The molecular weight excluding hydrogens is 388 g/mol. The average molecular weight is 408 g/mol. The van der Waals surface area contributed by atoms with Crippen LogP contribution in [0.1, 0.15) is 19.4 Å². The molecule has 6 heteroatoms. The SMILES string of the molecule is CCN(C)C(=O)C(C)NCc1cc(Br)c(OC)c(Br)c1. The summed E-state index contributed by atoms with van der Waals surface area (Å²) in [7, 11) is 3.44. The molecule has 20 heavy (non-hydrogen) atoms. The van der Waals surface area contributed by atoms with Gasteiger partial charge in [0.15, 0.2) is 0 Å². The maximum absolute atomic E-state index is 12.0. The minimum atomic E-state index is -0.209. The Hall–Kier alpha value is -0.590. The Morgan fingerprint density at radius 3 is 2.40 bits per heavy atom. The number of ether oxygens (including phenoxy) is 1. The number of likely N-dealkylation sites (N-methyl/N-ethyl adjacent to an activating group) is 1. The lowest BCUT2D eigenvalue weighted by Crippen LogP contribution is -2.42. The van der Waals surface area contributed by atoms with Crippen LogP contribution in [0.4, 0.5) is 0 Å². The number of carbonyl (C=O) groups is 1. The predicted octanol–water partition coefficient (Wildman–Crippen LogP) is 3.18. The van der Waals surface area contributed by atoms with Crippen LogP contribution in [-0.2, 0) is 11.3 Å². The second-order valence-corrected chi connectivity index (χ2v) is 6.26. The molecule has 0 aliphatic carbocycles. The maximum Gasteiger partial charge on any atom is 0.239 e. The van der Waals surface area contributed by atoms with Gasteiger partial charge in [-0.3, -0.25) is 4.79 Å². The lowest BCUT2D eigenvalue weighted by Gasteiger charge is -2.21. The van der Waals surface area contributed by atoms with Gasteiger partial charge in [-0.05, 0) is 63.4 Å². The molecule has 0 spiro atoms. The first-order valence-electron chi connectivity index (χ1n) is 6.41. The fraction of sp³-hybridized carbons (Fsp3) is 0.500. The van der Waals surface area contributed by atoms with Crippen molar-refractivity contribution >= 4 is 37.8 Å². The topological polar surface area (TPSA) is 41.6 Å². The van der Waals surface area contributed by atoms with Crippen LogP contribution in [0.25, 0.3) is 0 Å². The lowest BCUT2D eigenvalue weighted by atomic mass is 10.2. The van der Waals surface area contributed by atoms with E-state index in [9.17, 15) is 4.79 Å². The van der Waals surface area contributed by atoms with Crippen molar-refractivity contribution in [1.29, 1.82) is 0 Å². The van der Waals surface area contributed by atoms with Crippen molar-refractivity contribution in [3.63, 3.8) is 0 Å². The van der Waals surface area contributed by atoms with Gasteiger partial charge in [-0.25, -0.2) is 0 Å². The Kier molecular flexibility index (Phi) is 6.99. The molecule has 0 saturated heterocycles. The molecule has 0 aromatic heterocycles. The van der Waals surface area contributed by atoms with Crippen LogP contribution in [0.5, 0.6) is 5.75 Å². The van der Waals surface area contributed by atoms with E-state index in [0.29, 0.717) is 13.1 Å². The molecule has 1 rings (SSSR count). The number of nitrogens with zero attached hydrogens (tertiary/aromatic N) is 1. The zero-order chi connectivity index (χ0) is 15.3. The average Bonchev–Trinajstić information content (AvgIpc) is 2.42. The van der Waals surface area contributed by atoms with Gasteiger partial charge in [0.2, 0.25) is 5.91 Å². The van der Waals surface area contributed by atoms with Crippen molar-refractivity contribution in [2.24, 2.45) is 0 Å². The summed E-state index contributed by atoms with van der Waals surface area (Å²) in [6.07, 6.45) is 0. The Bertz CT molecular complexity index is 457. The zero-order valence-electron chi connectivity index (χ0n) is 12.2. The van der Waals surface area contributed by atoms with Crippen molar-refractivity contribution in [3.8, 4) is 5.75 Å². The maximum atomic E-state index is 12.0. The molecule has 1 atom stereocenters. The van der Waals surface area contributed by atoms with Gasteiger partial charge >= 0.3 is 0 Å². The van der Waals surface area contributed by atoms with Crippen LogP contribution in [0.15, 0.2) is 21.1 Å². The molecular formula is C14H20Br2N2O2. The molecule has 0 heterocycles. The zero-order valence-corrected chi connectivity index (χ0v) is 15.3. The third-order valence-corrected chi connectivity index (χ3v) is 4.27. The number of carbonyl (C=O) groups excluding carboxylic acids is 1. The first-order chi connectivity index (χ1) is 9.40. The van der Waals surface area contributed by atoms with Gasteiger partial charge < -0.3 is 15.0 Å². The number of halogens is 2. The van der Waals surface area contributed by atoms with E-state index in [1.165, 1.54) is 0 Å². The molecule has 0 fully saturated rings. The van der Waals surface area contributed by atoms with Crippen LogP contribution in [0.3, 0.4) is 0 Å². The van der Waals surface area contributed by atoms with Crippen LogP contribution < -0.4 is 10.1 Å². The number of hydrogen-bond donors (Lipinski definition) is 1. The molecule has 1 aromatic carbocycles. The second kappa shape index (κ2) is 8.00. The van der Waals surface area contributed by atoms with E-state index in [1.807, 2.05) is 26.0 Å². The Labute approximate surface area is 137 Å². The molecule has 4 nitrogen and oxygen atoms in total. The summed E-state index contributed by atoms with van der Waals surface area (Å²) in [5.74, 6) is 0.864. The fourth-order valence-corrected chi connectivity index (χ4v) is 3.36. The summed E-state index contributed by atoms with van der Waals surface area (Å²) < 4.78 is 7.04. The van der Waals surface area contributed by atoms with E-state index in [2.05, 4.69) is 37.2 Å².